The van der Waals surface area contributed by atoms with Gasteiger partial charge < -0.3 is 10.1 Å². The maximum atomic E-state index is 11.5. The molecule has 1 amide bonds. The fourth-order valence-corrected chi connectivity index (χ4v) is 1.85. The highest BCUT2D eigenvalue weighted by Crippen LogP contribution is 2.20. The molecule has 0 saturated carbocycles. The minimum absolute atomic E-state index is 0.0995. The Hall–Kier alpha value is -2.10. The average Bonchev–Trinajstić information content (AvgIpc) is 2.42. The van der Waals surface area contributed by atoms with Crippen LogP contribution < -0.4 is 5.32 Å². The Kier molecular flexibility index (Phi) is 5.79. The first-order chi connectivity index (χ1) is 9.08. The normalized spacial score (nSPS) is 11.5. The minimum atomic E-state index is -0.382. The van der Waals surface area contributed by atoms with Crippen LogP contribution in [-0.2, 0) is 9.53 Å². The molecule has 0 unspecified atom stereocenters. The molecule has 0 aliphatic rings. The van der Waals surface area contributed by atoms with E-state index in [9.17, 15) is 9.59 Å². The molecule has 0 fully saturated rings. The highest BCUT2D eigenvalue weighted by Gasteiger charge is 2.14. The number of carbonyl (C=O) groups excluding carboxylic acids is 2. The summed E-state index contributed by atoms with van der Waals surface area (Å²) >= 11 is 0. The van der Waals surface area contributed by atoms with Gasteiger partial charge in [-0.3, -0.25) is 4.79 Å². The summed E-state index contributed by atoms with van der Waals surface area (Å²) in [5, 5.41) is 2.88. The number of ether oxygens (including phenoxy) is 1. The molecule has 4 heteroatoms. The van der Waals surface area contributed by atoms with Gasteiger partial charge in [0.05, 0.1) is 18.7 Å². The van der Waals surface area contributed by atoms with Gasteiger partial charge in [-0.15, -0.1) is 6.58 Å². The molecule has 1 aromatic rings. The van der Waals surface area contributed by atoms with E-state index in [0.717, 1.165) is 18.4 Å². The molecule has 0 aliphatic carbocycles. The Bertz CT molecular complexity index is 468. The van der Waals surface area contributed by atoms with Gasteiger partial charge in [0.25, 0.3) is 0 Å². The third-order valence-corrected chi connectivity index (χ3v) is 2.75. The molecule has 1 N–H and O–H groups in total. The van der Waals surface area contributed by atoms with Gasteiger partial charge in [-0.2, -0.15) is 0 Å². The molecule has 0 radical (unpaired) electrons. The molecule has 102 valence electrons. The van der Waals surface area contributed by atoms with Crippen molar-refractivity contribution in [3.8, 4) is 0 Å². The second-order valence-corrected chi connectivity index (χ2v) is 4.24. The molecule has 4 nitrogen and oxygen atoms in total. The second kappa shape index (κ2) is 7.36. The Balaban J connectivity index is 2.96. The van der Waals surface area contributed by atoms with Gasteiger partial charge in [-0.1, -0.05) is 18.2 Å². The van der Waals surface area contributed by atoms with Crippen LogP contribution >= 0.6 is 0 Å². The van der Waals surface area contributed by atoms with Crippen LogP contribution in [0.3, 0.4) is 0 Å². The number of rotatable bonds is 6. The third kappa shape index (κ3) is 4.58. The fourth-order valence-electron chi connectivity index (χ4n) is 1.85. The highest BCUT2D eigenvalue weighted by molar-refractivity contribution is 5.89. The number of amides is 1. The lowest BCUT2D eigenvalue weighted by molar-refractivity contribution is -0.119. The van der Waals surface area contributed by atoms with E-state index in [2.05, 4.69) is 11.9 Å². The molecule has 1 rings (SSSR count). The van der Waals surface area contributed by atoms with Crippen molar-refractivity contribution >= 4 is 11.9 Å². The first-order valence-electron chi connectivity index (χ1n) is 6.14. The van der Waals surface area contributed by atoms with Gasteiger partial charge in [-0.05, 0) is 30.5 Å². The summed E-state index contributed by atoms with van der Waals surface area (Å²) in [6.45, 7) is 5.15. The number of hydrogen-bond acceptors (Lipinski definition) is 3. The number of esters is 1. The minimum Gasteiger partial charge on any atom is -0.465 e. The molecule has 1 atom stereocenters. The van der Waals surface area contributed by atoms with Gasteiger partial charge in [-0.25, -0.2) is 4.79 Å². The molecular weight excluding hydrogens is 242 g/mol. The molecule has 0 aromatic heterocycles. The summed E-state index contributed by atoms with van der Waals surface area (Å²) in [7, 11) is 1.35. The fraction of sp³-hybridized carbons (Fsp3) is 0.333. The van der Waals surface area contributed by atoms with Crippen LogP contribution in [0.25, 0.3) is 0 Å². The Morgan fingerprint density at radius 3 is 2.79 bits per heavy atom. The standard InChI is InChI=1S/C15H19NO3/c1-4-5-9-14(16-11(2)17)12-7-6-8-13(10-12)15(18)19-3/h4,6-8,10,14H,1,5,9H2,2-3H3,(H,16,17)/t14-/m1/s1. The molecule has 0 saturated heterocycles. The monoisotopic (exact) mass is 261 g/mol. The van der Waals surface area contributed by atoms with Crippen molar-refractivity contribution in [3.05, 3.63) is 48.0 Å². The van der Waals surface area contributed by atoms with E-state index >= 15 is 0 Å². The largest absolute Gasteiger partial charge is 0.465 e. The summed E-state index contributed by atoms with van der Waals surface area (Å²) in [5.74, 6) is -0.482. The van der Waals surface area contributed by atoms with E-state index in [1.807, 2.05) is 6.07 Å². The summed E-state index contributed by atoms with van der Waals surface area (Å²) in [6, 6.07) is 6.98. The predicted octanol–water partition coefficient (Wildman–Crippen LogP) is 2.62. The maximum absolute atomic E-state index is 11.5. The van der Waals surface area contributed by atoms with Crippen molar-refractivity contribution in [3.63, 3.8) is 0 Å². The summed E-state index contributed by atoms with van der Waals surface area (Å²) in [5.41, 5.74) is 1.37. The van der Waals surface area contributed by atoms with Crippen LogP contribution in [0.1, 0.15) is 41.7 Å². The molecule has 0 spiro atoms. The van der Waals surface area contributed by atoms with Gasteiger partial charge in [0.15, 0.2) is 0 Å². The smallest absolute Gasteiger partial charge is 0.337 e. The van der Waals surface area contributed by atoms with Crippen LogP contribution in [-0.4, -0.2) is 19.0 Å². The lowest BCUT2D eigenvalue weighted by atomic mass is 9.99. The van der Waals surface area contributed by atoms with Gasteiger partial charge >= 0.3 is 5.97 Å². The Labute approximate surface area is 113 Å². The molecule has 0 bridgehead atoms. The van der Waals surface area contributed by atoms with Crippen LogP contribution in [0, 0.1) is 0 Å². The summed E-state index contributed by atoms with van der Waals surface area (Å²) in [6.07, 6.45) is 3.33. The van der Waals surface area contributed by atoms with E-state index in [0.29, 0.717) is 5.56 Å². The number of benzene rings is 1. The molecule has 19 heavy (non-hydrogen) atoms. The van der Waals surface area contributed by atoms with Crippen LogP contribution in [0.5, 0.6) is 0 Å². The van der Waals surface area contributed by atoms with Crippen molar-refractivity contribution < 1.29 is 14.3 Å². The second-order valence-electron chi connectivity index (χ2n) is 4.24. The number of allylic oxidation sites excluding steroid dienone is 1. The quantitative estimate of drug-likeness (QED) is 0.632. The van der Waals surface area contributed by atoms with E-state index in [-0.39, 0.29) is 17.9 Å². The van der Waals surface area contributed by atoms with E-state index in [1.165, 1.54) is 14.0 Å². The van der Waals surface area contributed by atoms with Gasteiger partial charge in [0.1, 0.15) is 0 Å². The van der Waals surface area contributed by atoms with Crippen LogP contribution in [0.4, 0.5) is 0 Å². The van der Waals surface area contributed by atoms with E-state index < -0.39 is 0 Å². The predicted molar refractivity (Wildman–Crippen MR) is 73.8 cm³/mol. The maximum Gasteiger partial charge on any atom is 0.337 e. The lowest BCUT2D eigenvalue weighted by Crippen LogP contribution is -2.26. The first-order valence-corrected chi connectivity index (χ1v) is 6.14. The highest BCUT2D eigenvalue weighted by atomic mass is 16.5. The number of methoxy groups -OCH3 is 1. The van der Waals surface area contributed by atoms with Crippen molar-refractivity contribution in [2.75, 3.05) is 7.11 Å². The number of nitrogens with one attached hydrogen (secondary N) is 1. The zero-order valence-electron chi connectivity index (χ0n) is 11.3. The number of hydrogen-bond donors (Lipinski definition) is 1. The van der Waals surface area contributed by atoms with E-state index in [1.54, 1.807) is 24.3 Å². The zero-order chi connectivity index (χ0) is 14.3. The SMILES string of the molecule is C=CCC[C@@H](NC(C)=O)c1cccc(C(=O)OC)c1. The first kappa shape index (κ1) is 15.0. The average molecular weight is 261 g/mol. The Morgan fingerprint density at radius 1 is 1.47 bits per heavy atom. The third-order valence-electron chi connectivity index (χ3n) is 2.75. The Morgan fingerprint density at radius 2 is 2.21 bits per heavy atom. The molecule has 1 aromatic carbocycles. The zero-order valence-corrected chi connectivity index (χ0v) is 11.3. The van der Waals surface area contributed by atoms with Crippen molar-refractivity contribution in [1.82, 2.24) is 5.32 Å². The van der Waals surface area contributed by atoms with Crippen LogP contribution in [0.15, 0.2) is 36.9 Å². The van der Waals surface area contributed by atoms with E-state index in [4.69, 9.17) is 4.74 Å². The van der Waals surface area contributed by atoms with Gasteiger partial charge in [0.2, 0.25) is 5.91 Å². The summed E-state index contributed by atoms with van der Waals surface area (Å²) in [4.78, 5) is 22.7. The van der Waals surface area contributed by atoms with Gasteiger partial charge in [0, 0.05) is 6.92 Å². The molecule has 0 heterocycles. The molecular formula is C15H19NO3. The summed E-state index contributed by atoms with van der Waals surface area (Å²) < 4.78 is 4.69. The van der Waals surface area contributed by atoms with Crippen molar-refractivity contribution in [1.29, 1.82) is 0 Å². The van der Waals surface area contributed by atoms with Crippen molar-refractivity contribution in [2.24, 2.45) is 0 Å². The van der Waals surface area contributed by atoms with Crippen LogP contribution in [0.2, 0.25) is 0 Å². The molecule has 0 aliphatic heterocycles. The van der Waals surface area contributed by atoms with Crippen molar-refractivity contribution in [2.45, 2.75) is 25.8 Å². The topological polar surface area (TPSA) is 55.4 Å². The lowest BCUT2D eigenvalue weighted by Gasteiger charge is -2.18. The number of carbonyl (C=O) groups is 2.